The van der Waals surface area contributed by atoms with Crippen molar-refractivity contribution in [2.75, 3.05) is 12.4 Å². The van der Waals surface area contributed by atoms with E-state index < -0.39 is 0 Å². The molecule has 0 spiro atoms. The van der Waals surface area contributed by atoms with Crippen LogP contribution in [0.2, 0.25) is 0 Å². The van der Waals surface area contributed by atoms with E-state index in [2.05, 4.69) is 49.5 Å². The van der Waals surface area contributed by atoms with Gasteiger partial charge in [0.25, 0.3) is 0 Å². The van der Waals surface area contributed by atoms with Crippen LogP contribution in [0.3, 0.4) is 0 Å². The zero-order valence-corrected chi connectivity index (χ0v) is 10.8. The van der Waals surface area contributed by atoms with E-state index in [0.717, 1.165) is 13.0 Å². The molecule has 1 rings (SSSR count). The van der Waals surface area contributed by atoms with Crippen molar-refractivity contribution in [2.24, 2.45) is 0 Å². The van der Waals surface area contributed by atoms with Gasteiger partial charge in [0.1, 0.15) is 0 Å². The van der Waals surface area contributed by atoms with Crippen LogP contribution in [-0.2, 0) is 6.42 Å². The van der Waals surface area contributed by atoms with E-state index in [0.29, 0.717) is 11.9 Å². The summed E-state index contributed by atoms with van der Waals surface area (Å²) in [7, 11) is 0. The van der Waals surface area contributed by atoms with Gasteiger partial charge in [0, 0.05) is 18.5 Å². The smallest absolute Gasteiger partial charge is 0.0380 e. The Morgan fingerprint density at radius 3 is 2.56 bits per heavy atom. The lowest BCUT2D eigenvalue weighted by molar-refractivity contribution is 0.585. The summed E-state index contributed by atoms with van der Waals surface area (Å²) in [6, 6.07) is 10.8. The second-order valence-electron chi connectivity index (χ2n) is 4.23. The first-order valence-corrected chi connectivity index (χ1v) is 6.22. The van der Waals surface area contributed by atoms with Crippen LogP contribution in [0.4, 0.5) is 0 Å². The normalized spacial score (nSPS) is 12.2. The predicted octanol–water partition coefficient (Wildman–Crippen LogP) is 3.39. The summed E-state index contributed by atoms with van der Waals surface area (Å²) in [5.74, 6) is 0.644. The summed E-state index contributed by atoms with van der Waals surface area (Å²) in [6.07, 6.45) is 3.17. The largest absolute Gasteiger partial charge is 0.309 e. The number of allylic oxidation sites excluding steroid dienone is 1. The van der Waals surface area contributed by atoms with Crippen LogP contribution in [0, 0.1) is 0 Å². The molecular weight excluding hydrogens is 218 g/mol. The molecule has 0 fully saturated rings. The highest BCUT2D eigenvalue weighted by Crippen LogP contribution is 2.04. The van der Waals surface area contributed by atoms with Crippen LogP contribution in [0.5, 0.6) is 0 Å². The molecule has 0 heterocycles. The Balaban J connectivity index is 2.40. The van der Waals surface area contributed by atoms with E-state index in [4.69, 9.17) is 11.6 Å². The Morgan fingerprint density at radius 1 is 1.31 bits per heavy atom. The summed E-state index contributed by atoms with van der Waals surface area (Å²) in [5.41, 5.74) is 2.67. The lowest BCUT2D eigenvalue weighted by Crippen LogP contribution is -2.32. The van der Waals surface area contributed by atoms with Gasteiger partial charge in [-0.3, -0.25) is 0 Å². The fraction of sp³-hybridized carbons (Fsp3) is 0.429. The molecule has 1 atom stereocenters. The fourth-order valence-electron chi connectivity index (χ4n) is 1.51. The maximum Gasteiger partial charge on any atom is 0.0380 e. The quantitative estimate of drug-likeness (QED) is 0.591. The number of rotatable bonds is 6. The molecule has 1 N–H and O–H groups in total. The first-order valence-electron chi connectivity index (χ1n) is 5.69. The molecular formula is C14H20ClN. The van der Waals surface area contributed by atoms with Gasteiger partial charge >= 0.3 is 0 Å². The third-order valence-electron chi connectivity index (χ3n) is 2.43. The van der Waals surface area contributed by atoms with E-state index >= 15 is 0 Å². The summed E-state index contributed by atoms with van der Waals surface area (Å²) in [5, 5.41) is 3.44. The number of alkyl halides is 1. The fourth-order valence-corrected chi connectivity index (χ4v) is 1.73. The second kappa shape index (κ2) is 7.48. The summed E-state index contributed by atoms with van der Waals surface area (Å²) in [4.78, 5) is 0. The number of benzene rings is 1. The molecule has 0 saturated heterocycles. The minimum atomic E-state index is 0.347. The van der Waals surface area contributed by atoms with Gasteiger partial charge in [-0.2, -0.15) is 0 Å². The Hall–Kier alpha value is -0.790. The summed E-state index contributed by atoms with van der Waals surface area (Å²) >= 11 is 5.95. The lowest BCUT2D eigenvalue weighted by Gasteiger charge is -2.15. The van der Waals surface area contributed by atoms with Crippen LogP contribution in [0.1, 0.15) is 19.4 Å². The number of nitrogens with one attached hydrogen (secondary N) is 1. The number of hydrogen-bond donors (Lipinski definition) is 1. The molecule has 0 aliphatic rings. The standard InChI is InChI=1S/C14H20ClN/c1-12(2)8-9-16-14(11-15)10-13-6-4-3-5-7-13/h3-8,14,16H,9-11H2,1-2H3. The minimum Gasteiger partial charge on any atom is -0.309 e. The first-order chi connectivity index (χ1) is 7.72. The third kappa shape index (κ3) is 5.34. The Morgan fingerprint density at radius 2 is 2.00 bits per heavy atom. The SMILES string of the molecule is CC(C)=CCNC(CCl)Cc1ccccc1. The molecule has 0 radical (unpaired) electrons. The van der Waals surface area contributed by atoms with E-state index in [1.807, 2.05) is 6.07 Å². The van der Waals surface area contributed by atoms with Crippen molar-refractivity contribution in [2.45, 2.75) is 26.3 Å². The van der Waals surface area contributed by atoms with Crippen molar-refractivity contribution < 1.29 is 0 Å². The molecule has 0 aliphatic carbocycles. The molecule has 1 aromatic carbocycles. The van der Waals surface area contributed by atoms with Crippen molar-refractivity contribution in [3.8, 4) is 0 Å². The maximum atomic E-state index is 5.95. The van der Waals surface area contributed by atoms with Crippen molar-refractivity contribution in [3.05, 3.63) is 47.5 Å². The van der Waals surface area contributed by atoms with Crippen LogP contribution < -0.4 is 5.32 Å². The zero-order valence-electron chi connectivity index (χ0n) is 10.0. The Kier molecular flexibility index (Phi) is 6.20. The van der Waals surface area contributed by atoms with E-state index in [9.17, 15) is 0 Å². The predicted molar refractivity (Wildman–Crippen MR) is 72.1 cm³/mol. The Labute approximate surface area is 104 Å². The van der Waals surface area contributed by atoms with Gasteiger partial charge < -0.3 is 5.32 Å². The van der Waals surface area contributed by atoms with Crippen molar-refractivity contribution in [1.29, 1.82) is 0 Å². The molecule has 16 heavy (non-hydrogen) atoms. The highest BCUT2D eigenvalue weighted by molar-refractivity contribution is 6.18. The van der Waals surface area contributed by atoms with E-state index in [-0.39, 0.29) is 0 Å². The van der Waals surface area contributed by atoms with Crippen LogP contribution in [-0.4, -0.2) is 18.5 Å². The van der Waals surface area contributed by atoms with Gasteiger partial charge in [0.2, 0.25) is 0 Å². The average molecular weight is 238 g/mol. The van der Waals surface area contributed by atoms with Crippen molar-refractivity contribution in [3.63, 3.8) is 0 Å². The molecule has 1 aromatic rings. The molecule has 0 aromatic heterocycles. The van der Waals surface area contributed by atoms with Crippen molar-refractivity contribution >= 4 is 11.6 Å². The second-order valence-corrected chi connectivity index (χ2v) is 4.54. The maximum absolute atomic E-state index is 5.95. The van der Waals surface area contributed by atoms with E-state index in [1.165, 1.54) is 11.1 Å². The summed E-state index contributed by atoms with van der Waals surface area (Å²) in [6.45, 7) is 5.11. The van der Waals surface area contributed by atoms with Gasteiger partial charge in [-0.25, -0.2) is 0 Å². The molecule has 0 bridgehead atoms. The molecule has 0 amide bonds. The zero-order chi connectivity index (χ0) is 11.8. The van der Waals surface area contributed by atoms with Gasteiger partial charge in [-0.15, -0.1) is 11.6 Å². The Bertz CT molecular complexity index is 315. The summed E-state index contributed by atoms with van der Waals surface area (Å²) < 4.78 is 0. The van der Waals surface area contributed by atoms with Gasteiger partial charge in [0.15, 0.2) is 0 Å². The number of hydrogen-bond acceptors (Lipinski definition) is 1. The first kappa shape index (κ1) is 13.3. The lowest BCUT2D eigenvalue weighted by atomic mass is 10.1. The topological polar surface area (TPSA) is 12.0 Å². The van der Waals surface area contributed by atoms with Crippen molar-refractivity contribution in [1.82, 2.24) is 5.32 Å². The molecule has 88 valence electrons. The van der Waals surface area contributed by atoms with E-state index in [1.54, 1.807) is 0 Å². The molecule has 0 saturated carbocycles. The highest BCUT2D eigenvalue weighted by Gasteiger charge is 2.06. The number of halogens is 1. The van der Waals surface area contributed by atoms with Gasteiger partial charge in [-0.05, 0) is 25.8 Å². The molecule has 1 nitrogen and oxygen atoms in total. The van der Waals surface area contributed by atoms with Gasteiger partial charge in [0.05, 0.1) is 0 Å². The average Bonchev–Trinajstić information content (AvgIpc) is 2.28. The highest BCUT2D eigenvalue weighted by atomic mass is 35.5. The monoisotopic (exact) mass is 237 g/mol. The van der Waals surface area contributed by atoms with Crippen LogP contribution in [0.15, 0.2) is 42.0 Å². The molecule has 2 heteroatoms. The minimum absolute atomic E-state index is 0.347. The molecule has 1 unspecified atom stereocenters. The third-order valence-corrected chi connectivity index (χ3v) is 2.80. The molecule has 0 aliphatic heterocycles. The van der Waals surface area contributed by atoms with Crippen LogP contribution in [0.25, 0.3) is 0 Å². The van der Waals surface area contributed by atoms with Gasteiger partial charge in [-0.1, -0.05) is 42.0 Å². The van der Waals surface area contributed by atoms with Crippen LogP contribution >= 0.6 is 11.6 Å².